The largest absolute Gasteiger partial charge is 0.478 e. The zero-order valence-electron chi connectivity index (χ0n) is 12.2. The smallest absolute Gasteiger partial charge is 0.335 e. The van der Waals surface area contributed by atoms with E-state index < -0.39 is 26.9 Å². The van der Waals surface area contributed by atoms with E-state index in [0.29, 0.717) is 12.8 Å². The third-order valence-electron chi connectivity index (χ3n) is 3.86. The number of carbonyl (C=O) groups excluding carboxylic acids is 1. The van der Waals surface area contributed by atoms with Crippen molar-refractivity contribution in [2.75, 3.05) is 0 Å². The topological polar surface area (TPSA) is 147 Å². The highest BCUT2D eigenvalue weighted by Gasteiger charge is 2.25. The van der Waals surface area contributed by atoms with E-state index in [-0.39, 0.29) is 23.2 Å². The van der Waals surface area contributed by atoms with Gasteiger partial charge in [0, 0.05) is 12.1 Å². The normalized spacial score (nSPS) is 21.7. The lowest BCUT2D eigenvalue weighted by Crippen LogP contribution is -2.40. The molecule has 0 atom stereocenters. The van der Waals surface area contributed by atoms with E-state index in [0.717, 1.165) is 31.0 Å². The van der Waals surface area contributed by atoms with E-state index in [2.05, 4.69) is 5.32 Å². The number of carboxylic acids is 1. The number of hydrogen-bond donors (Lipinski definition) is 4. The molecule has 0 radical (unpaired) electrons. The molecule has 126 valence electrons. The molecule has 0 aromatic heterocycles. The van der Waals surface area contributed by atoms with E-state index in [4.69, 9.17) is 10.8 Å². The number of amides is 1. The molecule has 1 amide bonds. The van der Waals surface area contributed by atoms with Crippen LogP contribution in [0.1, 0.15) is 46.4 Å². The van der Waals surface area contributed by atoms with Crippen molar-refractivity contribution in [1.29, 1.82) is 0 Å². The minimum absolute atomic E-state index is 0.103. The van der Waals surface area contributed by atoms with Gasteiger partial charge in [-0.05, 0) is 43.9 Å². The first-order valence-corrected chi connectivity index (χ1v) is 8.53. The number of rotatable bonds is 4. The zero-order valence-corrected chi connectivity index (χ0v) is 13.0. The van der Waals surface area contributed by atoms with Crippen molar-refractivity contribution < 1.29 is 27.7 Å². The summed E-state index contributed by atoms with van der Waals surface area (Å²) < 4.78 is 32.1. The van der Waals surface area contributed by atoms with E-state index >= 15 is 0 Å². The summed E-state index contributed by atoms with van der Waals surface area (Å²) in [5.74, 6) is -2.03. The Balaban J connectivity index is 2.27. The summed E-state index contributed by atoms with van der Waals surface area (Å²) in [4.78, 5) is 22.5. The van der Waals surface area contributed by atoms with Crippen LogP contribution in [0.3, 0.4) is 0 Å². The van der Waals surface area contributed by atoms with E-state index in [9.17, 15) is 22.6 Å². The Hall–Kier alpha value is -1.97. The lowest BCUT2D eigenvalue weighted by Gasteiger charge is -2.27. The van der Waals surface area contributed by atoms with Crippen LogP contribution in [-0.4, -0.2) is 42.0 Å². The summed E-state index contributed by atoms with van der Waals surface area (Å²) in [6.07, 6.45) is 2.88. The number of benzene rings is 1. The fraction of sp³-hybridized carbons (Fsp3) is 0.429. The van der Waals surface area contributed by atoms with Gasteiger partial charge in [-0.15, -0.1) is 0 Å². The van der Waals surface area contributed by atoms with Gasteiger partial charge < -0.3 is 16.2 Å². The zero-order chi connectivity index (χ0) is 17.2. The fourth-order valence-electron chi connectivity index (χ4n) is 2.58. The molecule has 1 aliphatic rings. The number of aromatic carboxylic acids is 1. The Kier molecular flexibility index (Phi) is 5.03. The van der Waals surface area contributed by atoms with Crippen molar-refractivity contribution in [2.24, 2.45) is 5.73 Å². The van der Waals surface area contributed by atoms with Crippen LogP contribution >= 0.6 is 0 Å². The molecule has 1 saturated carbocycles. The Labute approximate surface area is 133 Å². The van der Waals surface area contributed by atoms with Gasteiger partial charge in [-0.2, -0.15) is 8.42 Å². The Bertz CT molecular complexity index is 723. The van der Waals surface area contributed by atoms with Crippen LogP contribution in [0.5, 0.6) is 0 Å². The average Bonchev–Trinajstić information content (AvgIpc) is 2.48. The van der Waals surface area contributed by atoms with Gasteiger partial charge in [0.1, 0.15) is 4.90 Å². The Morgan fingerprint density at radius 2 is 1.78 bits per heavy atom. The number of carboxylic acid groups (broad SMARTS) is 1. The number of nitrogens with one attached hydrogen (secondary N) is 1. The third-order valence-corrected chi connectivity index (χ3v) is 4.75. The van der Waals surface area contributed by atoms with Crippen molar-refractivity contribution >= 4 is 22.0 Å². The molecule has 9 heteroatoms. The van der Waals surface area contributed by atoms with Gasteiger partial charge in [-0.25, -0.2) is 4.79 Å². The maximum absolute atomic E-state index is 12.3. The minimum atomic E-state index is -4.73. The highest BCUT2D eigenvalue weighted by atomic mass is 32.2. The number of carbonyl (C=O) groups is 2. The molecule has 23 heavy (non-hydrogen) atoms. The first-order chi connectivity index (χ1) is 10.7. The molecule has 1 aromatic carbocycles. The van der Waals surface area contributed by atoms with Crippen LogP contribution in [0.25, 0.3) is 0 Å². The van der Waals surface area contributed by atoms with E-state index in [1.807, 2.05) is 0 Å². The predicted octanol–water partition coefficient (Wildman–Crippen LogP) is 0.631. The molecule has 0 saturated heterocycles. The van der Waals surface area contributed by atoms with Crippen LogP contribution in [-0.2, 0) is 10.1 Å². The maximum Gasteiger partial charge on any atom is 0.335 e. The second-order valence-corrected chi connectivity index (χ2v) is 6.97. The van der Waals surface area contributed by atoms with Gasteiger partial charge in [0.25, 0.3) is 16.0 Å². The molecular weight excluding hydrogens is 324 g/mol. The van der Waals surface area contributed by atoms with Crippen molar-refractivity contribution in [1.82, 2.24) is 5.32 Å². The Morgan fingerprint density at radius 3 is 2.30 bits per heavy atom. The standard InChI is InChI=1S/C14H18N2O6S/c15-9-2-4-10(5-3-9)16-13(17)11-6-1-8(14(18)19)7-12(11)23(20,21)22/h1,6-7,9-10H,2-5,15H2,(H,16,17)(H,18,19)(H,20,21,22)/t9-,10-. The van der Waals surface area contributed by atoms with Crippen LogP contribution in [0.4, 0.5) is 0 Å². The molecule has 2 rings (SSSR count). The molecular formula is C14H18N2O6S. The quantitative estimate of drug-likeness (QED) is 0.587. The van der Waals surface area contributed by atoms with Crippen molar-refractivity contribution in [3.63, 3.8) is 0 Å². The van der Waals surface area contributed by atoms with Gasteiger partial charge >= 0.3 is 5.97 Å². The van der Waals surface area contributed by atoms with Gasteiger partial charge in [0.2, 0.25) is 0 Å². The minimum Gasteiger partial charge on any atom is -0.478 e. The summed E-state index contributed by atoms with van der Waals surface area (Å²) in [7, 11) is -4.73. The molecule has 0 unspecified atom stereocenters. The van der Waals surface area contributed by atoms with Crippen molar-refractivity contribution in [2.45, 2.75) is 42.7 Å². The molecule has 1 aromatic rings. The molecule has 0 spiro atoms. The first kappa shape index (κ1) is 17.4. The molecule has 0 bridgehead atoms. The molecule has 0 aliphatic heterocycles. The van der Waals surface area contributed by atoms with Gasteiger partial charge in [-0.3, -0.25) is 9.35 Å². The second-order valence-electron chi connectivity index (χ2n) is 5.58. The maximum atomic E-state index is 12.3. The van der Waals surface area contributed by atoms with E-state index in [1.165, 1.54) is 0 Å². The molecule has 1 fully saturated rings. The molecule has 0 heterocycles. The monoisotopic (exact) mass is 342 g/mol. The number of hydrogen-bond acceptors (Lipinski definition) is 5. The van der Waals surface area contributed by atoms with Crippen LogP contribution < -0.4 is 11.1 Å². The second kappa shape index (κ2) is 6.65. The first-order valence-electron chi connectivity index (χ1n) is 7.09. The van der Waals surface area contributed by atoms with E-state index in [1.54, 1.807) is 0 Å². The van der Waals surface area contributed by atoms with Gasteiger partial charge in [-0.1, -0.05) is 0 Å². The SMILES string of the molecule is N[C@H]1CC[C@H](NC(=O)c2ccc(C(=O)O)cc2S(=O)(=O)O)CC1. The summed E-state index contributed by atoms with van der Waals surface area (Å²) in [6.45, 7) is 0. The lowest BCUT2D eigenvalue weighted by molar-refractivity contribution is 0.0695. The van der Waals surface area contributed by atoms with Gasteiger partial charge in [0.15, 0.2) is 0 Å². The number of nitrogens with two attached hydrogens (primary N) is 1. The Morgan fingerprint density at radius 1 is 1.17 bits per heavy atom. The summed E-state index contributed by atoms with van der Waals surface area (Å²) in [5.41, 5.74) is 5.16. The van der Waals surface area contributed by atoms with Crippen LogP contribution in [0.15, 0.2) is 23.1 Å². The molecule has 1 aliphatic carbocycles. The van der Waals surface area contributed by atoms with Crippen LogP contribution in [0, 0.1) is 0 Å². The molecule has 5 N–H and O–H groups in total. The van der Waals surface area contributed by atoms with Crippen molar-refractivity contribution in [3.05, 3.63) is 29.3 Å². The predicted molar refractivity (Wildman–Crippen MR) is 80.9 cm³/mol. The summed E-state index contributed by atoms with van der Waals surface area (Å²) in [5, 5.41) is 11.6. The van der Waals surface area contributed by atoms with Crippen LogP contribution in [0.2, 0.25) is 0 Å². The third kappa shape index (κ3) is 4.27. The summed E-state index contributed by atoms with van der Waals surface area (Å²) in [6, 6.07) is 2.93. The molecule has 8 nitrogen and oxygen atoms in total. The highest BCUT2D eigenvalue weighted by Crippen LogP contribution is 2.21. The highest BCUT2D eigenvalue weighted by molar-refractivity contribution is 7.86. The van der Waals surface area contributed by atoms with Crippen molar-refractivity contribution in [3.8, 4) is 0 Å². The van der Waals surface area contributed by atoms with Gasteiger partial charge in [0.05, 0.1) is 11.1 Å². The lowest BCUT2D eigenvalue weighted by atomic mass is 9.91. The summed E-state index contributed by atoms with van der Waals surface area (Å²) >= 11 is 0. The fourth-order valence-corrected chi connectivity index (χ4v) is 3.30. The average molecular weight is 342 g/mol.